The van der Waals surface area contributed by atoms with Crippen molar-refractivity contribution in [1.29, 1.82) is 0 Å². The highest BCUT2D eigenvalue weighted by Crippen LogP contribution is 2.36. The van der Waals surface area contributed by atoms with Gasteiger partial charge in [0.2, 0.25) is 0 Å². The molecule has 0 saturated heterocycles. The maximum atomic E-state index is 11.6. The smallest absolute Gasteiger partial charge is 0.267 e. The second-order valence-electron chi connectivity index (χ2n) is 4.56. The maximum absolute atomic E-state index is 11.6. The molecule has 0 spiro atoms. The molecule has 98 valence electrons. The average Bonchev–Trinajstić information content (AvgIpc) is 2.90. The first-order chi connectivity index (χ1) is 9.04. The molecule has 1 atom stereocenters. The molecule has 0 bridgehead atoms. The molecule has 0 N–H and O–H groups in total. The molecule has 0 saturated carbocycles. The number of aryl methyl sites for hydroxylation is 1. The van der Waals surface area contributed by atoms with Crippen molar-refractivity contribution in [3.05, 3.63) is 51.1 Å². The summed E-state index contributed by atoms with van der Waals surface area (Å²) in [5.41, 5.74) is 1.58. The number of nitro groups is 1. The molecule has 0 fully saturated rings. The lowest BCUT2D eigenvalue weighted by molar-refractivity contribution is -0.385. The lowest BCUT2D eigenvalue weighted by atomic mass is 9.93. The Morgan fingerprint density at radius 1 is 1.53 bits per heavy atom. The second kappa shape index (κ2) is 5.14. The van der Waals surface area contributed by atoms with Crippen LogP contribution in [0.1, 0.15) is 40.2 Å². The fourth-order valence-corrected chi connectivity index (χ4v) is 2.38. The van der Waals surface area contributed by atoms with E-state index in [4.69, 9.17) is 0 Å². The van der Waals surface area contributed by atoms with Gasteiger partial charge >= 0.3 is 0 Å². The SMILES string of the molecule is C=NC(=O)c1cc([N+](=O)[O-])c(C2C=CCC2)cc1C. The number of nitro benzene ring substituents is 1. The largest absolute Gasteiger partial charge is 0.276 e. The summed E-state index contributed by atoms with van der Waals surface area (Å²) in [6, 6.07) is 3.03. The van der Waals surface area contributed by atoms with Crippen molar-refractivity contribution < 1.29 is 9.72 Å². The first kappa shape index (κ1) is 13.1. The van der Waals surface area contributed by atoms with Crippen molar-refractivity contribution in [3.63, 3.8) is 0 Å². The third kappa shape index (κ3) is 2.45. The van der Waals surface area contributed by atoms with Crippen molar-refractivity contribution in [1.82, 2.24) is 0 Å². The number of benzene rings is 1. The number of hydrogen-bond donors (Lipinski definition) is 0. The van der Waals surface area contributed by atoms with Crippen molar-refractivity contribution >= 4 is 18.3 Å². The maximum Gasteiger partial charge on any atom is 0.276 e. The average molecular weight is 258 g/mol. The number of carbonyl (C=O) groups excluding carboxylic acids is 1. The van der Waals surface area contributed by atoms with Gasteiger partial charge in [0, 0.05) is 17.5 Å². The zero-order valence-electron chi connectivity index (χ0n) is 10.6. The van der Waals surface area contributed by atoms with Crippen LogP contribution in [-0.4, -0.2) is 17.5 Å². The van der Waals surface area contributed by atoms with Crippen molar-refractivity contribution in [2.45, 2.75) is 25.7 Å². The van der Waals surface area contributed by atoms with Crippen molar-refractivity contribution in [3.8, 4) is 0 Å². The van der Waals surface area contributed by atoms with E-state index in [-0.39, 0.29) is 17.2 Å². The van der Waals surface area contributed by atoms with Gasteiger partial charge in [-0.3, -0.25) is 14.9 Å². The highest BCUT2D eigenvalue weighted by Gasteiger charge is 2.25. The van der Waals surface area contributed by atoms with Crippen LogP contribution in [0.5, 0.6) is 0 Å². The molecule has 1 unspecified atom stereocenters. The summed E-state index contributed by atoms with van der Waals surface area (Å²) in [6.45, 7) is 4.93. The Kier molecular flexibility index (Phi) is 3.55. The fourth-order valence-electron chi connectivity index (χ4n) is 2.38. The molecule has 1 aromatic carbocycles. The van der Waals surface area contributed by atoms with Gasteiger partial charge in [0.15, 0.2) is 0 Å². The molecule has 1 amide bonds. The molecule has 2 rings (SSSR count). The normalized spacial score (nSPS) is 17.4. The number of amides is 1. The molecular weight excluding hydrogens is 244 g/mol. The Balaban J connectivity index is 2.58. The molecule has 0 aromatic heterocycles. The molecule has 1 aliphatic carbocycles. The zero-order chi connectivity index (χ0) is 14.0. The molecule has 1 aromatic rings. The molecule has 5 nitrogen and oxygen atoms in total. The third-order valence-electron chi connectivity index (χ3n) is 3.36. The molecule has 0 heterocycles. The lowest BCUT2D eigenvalue weighted by Crippen LogP contribution is -2.05. The lowest BCUT2D eigenvalue weighted by Gasteiger charge is -2.11. The van der Waals surface area contributed by atoms with E-state index in [0.717, 1.165) is 12.8 Å². The summed E-state index contributed by atoms with van der Waals surface area (Å²) in [5, 5.41) is 11.2. The van der Waals surface area contributed by atoms with Crippen LogP contribution in [0.25, 0.3) is 0 Å². The number of aliphatic imine (C=N–C) groups is 1. The minimum absolute atomic E-state index is 0.0193. The minimum atomic E-state index is -0.533. The third-order valence-corrected chi connectivity index (χ3v) is 3.36. The quantitative estimate of drug-likeness (QED) is 0.362. The Morgan fingerprint density at radius 2 is 2.26 bits per heavy atom. The topological polar surface area (TPSA) is 72.6 Å². The summed E-state index contributed by atoms with van der Waals surface area (Å²) >= 11 is 0. The van der Waals surface area contributed by atoms with E-state index in [9.17, 15) is 14.9 Å². The van der Waals surface area contributed by atoms with E-state index in [1.807, 2.05) is 12.2 Å². The van der Waals surface area contributed by atoms with Gasteiger partial charge in [0.1, 0.15) is 0 Å². The van der Waals surface area contributed by atoms with Gasteiger partial charge in [0.25, 0.3) is 11.6 Å². The monoisotopic (exact) mass is 258 g/mol. The van der Waals surface area contributed by atoms with E-state index in [2.05, 4.69) is 11.7 Å². The highest BCUT2D eigenvalue weighted by atomic mass is 16.6. The molecule has 19 heavy (non-hydrogen) atoms. The number of rotatable bonds is 3. The predicted molar refractivity (Wildman–Crippen MR) is 72.8 cm³/mol. The Bertz CT molecular complexity index is 591. The van der Waals surface area contributed by atoms with Crippen LogP contribution in [0.15, 0.2) is 29.3 Å². The summed E-state index contributed by atoms with van der Waals surface area (Å²) in [5.74, 6) is -0.478. The van der Waals surface area contributed by atoms with Crippen molar-refractivity contribution in [2.24, 2.45) is 4.99 Å². The molecular formula is C14H14N2O3. The second-order valence-corrected chi connectivity index (χ2v) is 4.56. The van der Waals surface area contributed by atoms with Crippen LogP contribution in [0.2, 0.25) is 0 Å². The minimum Gasteiger partial charge on any atom is -0.267 e. The van der Waals surface area contributed by atoms with Gasteiger partial charge in [-0.15, -0.1) is 0 Å². The van der Waals surface area contributed by atoms with Gasteiger partial charge in [-0.2, -0.15) is 0 Å². The van der Waals surface area contributed by atoms with E-state index >= 15 is 0 Å². The van der Waals surface area contributed by atoms with Gasteiger partial charge in [-0.25, -0.2) is 4.99 Å². The molecule has 0 radical (unpaired) electrons. The fraction of sp³-hybridized carbons (Fsp3) is 0.286. The van der Waals surface area contributed by atoms with Gasteiger partial charge < -0.3 is 0 Å². The number of allylic oxidation sites excluding steroid dienone is 2. The van der Waals surface area contributed by atoms with Crippen LogP contribution in [-0.2, 0) is 0 Å². The zero-order valence-corrected chi connectivity index (χ0v) is 10.6. The van der Waals surface area contributed by atoms with E-state index in [1.54, 1.807) is 13.0 Å². The van der Waals surface area contributed by atoms with E-state index in [0.29, 0.717) is 11.1 Å². The predicted octanol–water partition coefficient (Wildman–Crippen LogP) is 3.18. The summed E-state index contributed by atoms with van der Waals surface area (Å²) in [7, 11) is 0. The standard InChI is InChI=1S/C14H14N2O3/c1-9-7-12(10-5-3-4-6-10)13(16(18)19)8-11(9)14(17)15-2/h3,5,7-8,10H,2,4,6H2,1H3. The summed E-state index contributed by atoms with van der Waals surface area (Å²) in [4.78, 5) is 25.6. The Hall–Kier alpha value is -2.30. The van der Waals surface area contributed by atoms with E-state index in [1.165, 1.54) is 6.07 Å². The molecule has 0 aliphatic heterocycles. The van der Waals surface area contributed by atoms with Crippen LogP contribution >= 0.6 is 0 Å². The van der Waals surface area contributed by atoms with Gasteiger partial charge in [-0.05, 0) is 38.1 Å². The van der Waals surface area contributed by atoms with E-state index < -0.39 is 10.8 Å². The van der Waals surface area contributed by atoms with Crippen molar-refractivity contribution in [2.75, 3.05) is 0 Å². The van der Waals surface area contributed by atoms with Crippen LogP contribution in [0.3, 0.4) is 0 Å². The summed E-state index contributed by atoms with van der Waals surface area (Å²) in [6.07, 6.45) is 5.80. The summed E-state index contributed by atoms with van der Waals surface area (Å²) < 4.78 is 0. The molecule has 5 heteroatoms. The van der Waals surface area contributed by atoms with Crippen LogP contribution in [0, 0.1) is 17.0 Å². The molecule has 1 aliphatic rings. The highest BCUT2D eigenvalue weighted by molar-refractivity contribution is 5.99. The Morgan fingerprint density at radius 3 is 2.79 bits per heavy atom. The number of nitrogens with zero attached hydrogens (tertiary/aromatic N) is 2. The number of hydrogen-bond acceptors (Lipinski definition) is 3. The van der Waals surface area contributed by atoms with Gasteiger partial charge in [-0.1, -0.05) is 12.2 Å². The Labute approximate surface area is 110 Å². The number of carbonyl (C=O) groups is 1. The van der Waals surface area contributed by atoms with Crippen LogP contribution < -0.4 is 0 Å². The first-order valence-electron chi connectivity index (χ1n) is 6.01. The van der Waals surface area contributed by atoms with Gasteiger partial charge in [0.05, 0.1) is 10.5 Å². The first-order valence-corrected chi connectivity index (χ1v) is 6.01. The van der Waals surface area contributed by atoms with Crippen LogP contribution in [0.4, 0.5) is 5.69 Å².